The third-order valence-electron chi connectivity index (χ3n) is 11.8. The molecule has 0 spiro atoms. The first-order chi connectivity index (χ1) is 27.8. The largest absolute Gasteiger partial charge is 0.462 e. The number of carbonyl (C=O) groups is 3. The highest BCUT2D eigenvalue weighted by Gasteiger charge is 2.19. The highest BCUT2D eigenvalue weighted by atomic mass is 16.6. The molecule has 0 aromatic rings. The zero-order valence-corrected chi connectivity index (χ0v) is 39.0. The van der Waals surface area contributed by atoms with Gasteiger partial charge in [-0.25, -0.2) is 0 Å². The molecule has 0 rings (SSSR count). The van der Waals surface area contributed by atoms with E-state index in [1.165, 1.54) is 167 Å². The van der Waals surface area contributed by atoms with Crippen molar-refractivity contribution in [2.45, 2.75) is 285 Å². The first-order valence-electron chi connectivity index (χ1n) is 25.3. The van der Waals surface area contributed by atoms with Crippen LogP contribution < -0.4 is 0 Å². The molecule has 0 saturated heterocycles. The SMILES string of the molecule is CCCCCCCCCCCCCCCC(=O)OC[C@@H](COC(=O)CCCCCCCCC(C)CC)OC(=O)CCCCCCCCCCCCCCCC(C)C. The lowest BCUT2D eigenvalue weighted by Gasteiger charge is -2.18. The second-order valence-electron chi connectivity index (χ2n) is 18.2. The van der Waals surface area contributed by atoms with Crippen LogP contribution in [0.2, 0.25) is 0 Å². The van der Waals surface area contributed by atoms with Crippen molar-refractivity contribution in [1.29, 1.82) is 0 Å². The fourth-order valence-corrected chi connectivity index (χ4v) is 7.60. The Morgan fingerprint density at radius 3 is 1.00 bits per heavy atom. The molecule has 338 valence electrons. The maximum Gasteiger partial charge on any atom is 0.306 e. The summed E-state index contributed by atoms with van der Waals surface area (Å²) in [6, 6.07) is 0. The van der Waals surface area contributed by atoms with Gasteiger partial charge in [0, 0.05) is 19.3 Å². The van der Waals surface area contributed by atoms with Gasteiger partial charge in [0.25, 0.3) is 0 Å². The van der Waals surface area contributed by atoms with Crippen LogP contribution in [0.25, 0.3) is 0 Å². The zero-order valence-electron chi connectivity index (χ0n) is 39.0. The van der Waals surface area contributed by atoms with Crippen LogP contribution in [0.15, 0.2) is 0 Å². The van der Waals surface area contributed by atoms with Gasteiger partial charge < -0.3 is 14.2 Å². The Morgan fingerprint density at radius 1 is 0.368 bits per heavy atom. The maximum atomic E-state index is 12.8. The lowest BCUT2D eigenvalue weighted by Crippen LogP contribution is -2.30. The molecule has 0 saturated carbocycles. The lowest BCUT2D eigenvalue weighted by atomic mass is 10.00. The minimum Gasteiger partial charge on any atom is -0.462 e. The van der Waals surface area contributed by atoms with Gasteiger partial charge in [-0.1, -0.05) is 240 Å². The summed E-state index contributed by atoms with van der Waals surface area (Å²) >= 11 is 0. The number of carbonyl (C=O) groups excluding carboxylic acids is 3. The van der Waals surface area contributed by atoms with Crippen LogP contribution in [0.1, 0.15) is 279 Å². The normalized spacial score (nSPS) is 12.5. The third kappa shape index (κ3) is 43.8. The fourth-order valence-electron chi connectivity index (χ4n) is 7.60. The second-order valence-corrected chi connectivity index (χ2v) is 18.2. The monoisotopic (exact) mass is 807 g/mol. The van der Waals surface area contributed by atoms with Gasteiger partial charge in [-0.15, -0.1) is 0 Å². The van der Waals surface area contributed by atoms with Crippen molar-refractivity contribution in [3.63, 3.8) is 0 Å². The van der Waals surface area contributed by atoms with E-state index in [1.54, 1.807) is 0 Å². The molecule has 0 aliphatic rings. The summed E-state index contributed by atoms with van der Waals surface area (Å²) in [5.41, 5.74) is 0. The van der Waals surface area contributed by atoms with Crippen molar-refractivity contribution in [2.75, 3.05) is 13.2 Å². The summed E-state index contributed by atoms with van der Waals surface area (Å²) in [4.78, 5) is 37.9. The Morgan fingerprint density at radius 2 is 0.667 bits per heavy atom. The van der Waals surface area contributed by atoms with E-state index in [0.29, 0.717) is 19.3 Å². The van der Waals surface area contributed by atoms with E-state index in [1.807, 2.05) is 0 Å². The molecule has 1 unspecified atom stereocenters. The van der Waals surface area contributed by atoms with Crippen LogP contribution in [-0.2, 0) is 28.6 Å². The Hall–Kier alpha value is -1.59. The highest BCUT2D eigenvalue weighted by Crippen LogP contribution is 2.17. The molecule has 0 amide bonds. The van der Waals surface area contributed by atoms with Crippen LogP contribution in [0.5, 0.6) is 0 Å². The molecule has 0 aromatic carbocycles. The zero-order chi connectivity index (χ0) is 41.9. The van der Waals surface area contributed by atoms with Crippen molar-refractivity contribution in [3.05, 3.63) is 0 Å². The van der Waals surface area contributed by atoms with E-state index in [0.717, 1.165) is 69.6 Å². The van der Waals surface area contributed by atoms with E-state index in [2.05, 4.69) is 34.6 Å². The fraction of sp³-hybridized carbons (Fsp3) is 0.941. The highest BCUT2D eigenvalue weighted by molar-refractivity contribution is 5.71. The summed E-state index contributed by atoms with van der Waals surface area (Å²) in [6.45, 7) is 11.3. The van der Waals surface area contributed by atoms with Gasteiger partial charge >= 0.3 is 17.9 Å². The molecule has 0 fully saturated rings. The summed E-state index contributed by atoms with van der Waals surface area (Å²) in [6.07, 6.45) is 43.7. The van der Waals surface area contributed by atoms with E-state index in [9.17, 15) is 14.4 Å². The van der Waals surface area contributed by atoms with Crippen LogP contribution in [0.3, 0.4) is 0 Å². The van der Waals surface area contributed by atoms with Crippen molar-refractivity contribution in [2.24, 2.45) is 11.8 Å². The van der Waals surface area contributed by atoms with E-state index in [4.69, 9.17) is 14.2 Å². The van der Waals surface area contributed by atoms with Crippen molar-refractivity contribution in [1.82, 2.24) is 0 Å². The summed E-state index contributed by atoms with van der Waals surface area (Å²) in [7, 11) is 0. The molecule has 0 aliphatic carbocycles. The summed E-state index contributed by atoms with van der Waals surface area (Å²) in [5, 5.41) is 0. The molecule has 57 heavy (non-hydrogen) atoms. The number of ether oxygens (including phenoxy) is 3. The average molecular weight is 807 g/mol. The van der Waals surface area contributed by atoms with E-state index < -0.39 is 6.10 Å². The van der Waals surface area contributed by atoms with Gasteiger partial charge in [0.2, 0.25) is 0 Å². The smallest absolute Gasteiger partial charge is 0.306 e. The molecular weight excluding hydrogens is 709 g/mol. The Balaban J connectivity index is 4.31. The van der Waals surface area contributed by atoms with E-state index >= 15 is 0 Å². The molecule has 0 aromatic heterocycles. The van der Waals surface area contributed by atoms with E-state index in [-0.39, 0.29) is 31.1 Å². The van der Waals surface area contributed by atoms with Crippen molar-refractivity contribution < 1.29 is 28.6 Å². The molecular formula is C51H98O6. The summed E-state index contributed by atoms with van der Waals surface area (Å²) < 4.78 is 16.8. The standard InChI is InChI=1S/C51H98O6/c1-6-8-9-10-11-12-13-15-19-22-25-31-36-41-49(52)55-44-48(45-56-50(53)42-37-32-28-27-30-35-40-47(5)7-2)57-51(54)43-38-33-26-23-20-17-14-16-18-21-24-29-34-39-46(3)4/h46-48H,6-45H2,1-5H3/t47?,48-/m0/s1. The predicted molar refractivity (Wildman–Crippen MR) is 243 cm³/mol. The maximum absolute atomic E-state index is 12.8. The Bertz CT molecular complexity index is 872. The van der Waals surface area contributed by atoms with Crippen LogP contribution in [0, 0.1) is 11.8 Å². The first-order valence-corrected chi connectivity index (χ1v) is 25.3. The number of hydrogen-bond acceptors (Lipinski definition) is 6. The molecule has 2 atom stereocenters. The first kappa shape index (κ1) is 55.4. The molecule has 0 bridgehead atoms. The third-order valence-corrected chi connectivity index (χ3v) is 11.8. The molecule has 0 aliphatic heterocycles. The number of esters is 3. The van der Waals surface area contributed by atoms with Gasteiger partial charge in [-0.05, 0) is 31.1 Å². The topological polar surface area (TPSA) is 78.9 Å². The van der Waals surface area contributed by atoms with Crippen molar-refractivity contribution >= 4 is 17.9 Å². The predicted octanol–water partition coefficient (Wildman–Crippen LogP) is 16.1. The Kier molecular flexibility index (Phi) is 42.7. The molecule has 6 nitrogen and oxygen atoms in total. The average Bonchev–Trinajstić information content (AvgIpc) is 3.19. The van der Waals surface area contributed by atoms with Crippen LogP contribution in [0.4, 0.5) is 0 Å². The number of rotatable bonds is 45. The van der Waals surface area contributed by atoms with Gasteiger partial charge in [-0.2, -0.15) is 0 Å². The van der Waals surface area contributed by atoms with Crippen molar-refractivity contribution in [3.8, 4) is 0 Å². The molecule has 6 heteroatoms. The quantitative estimate of drug-likeness (QED) is 0.0346. The molecule has 0 radical (unpaired) electrons. The van der Waals surface area contributed by atoms with Gasteiger partial charge in [0.15, 0.2) is 6.10 Å². The lowest BCUT2D eigenvalue weighted by molar-refractivity contribution is -0.167. The Labute approximate surface area is 355 Å². The summed E-state index contributed by atoms with van der Waals surface area (Å²) in [5.74, 6) is 0.800. The second kappa shape index (κ2) is 44.0. The van der Waals surface area contributed by atoms with Crippen LogP contribution in [-0.4, -0.2) is 37.2 Å². The number of hydrogen-bond donors (Lipinski definition) is 0. The number of unbranched alkanes of at least 4 members (excludes halogenated alkanes) is 29. The van der Waals surface area contributed by atoms with Gasteiger partial charge in [0.05, 0.1) is 0 Å². The van der Waals surface area contributed by atoms with Gasteiger partial charge in [-0.3, -0.25) is 14.4 Å². The molecule has 0 heterocycles. The van der Waals surface area contributed by atoms with Gasteiger partial charge in [0.1, 0.15) is 13.2 Å². The molecule has 0 N–H and O–H groups in total. The van der Waals surface area contributed by atoms with Crippen LogP contribution >= 0.6 is 0 Å². The minimum atomic E-state index is -0.761. The minimum absolute atomic E-state index is 0.0644.